The summed E-state index contributed by atoms with van der Waals surface area (Å²) in [5, 5.41) is 13.0. The molecule has 0 atom stereocenters. The molecule has 1 N–H and O–H groups in total. The molecule has 0 aliphatic rings. The number of pyridine rings is 1. The van der Waals surface area contributed by atoms with Crippen molar-refractivity contribution in [2.75, 3.05) is 7.11 Å². The number of rotatable bonds is 2. The highest BCUT2D eigenvalue weighted by Gasteiger charge is 2.08. The molecule has 0 saturated carbocycles. The van der Waals surface area contributed by atoms with Crippen LogP contribution in [0.4, 0.5) is 0 Å². The normalized spacial score (nSPS) is 10.3. The summed E-state index contributed by atoms with van der Waals surface area (Å²) in [6.07, 6.45) is 1.63. The van der Waals surface area contributed by atoms with Gasteiger partial charge in [-0.3, -0.25) is 0 Å². The number of hydrogen-bond donors (Lipinski definition) is 1. The van der Waals surface area contributed by atoms with E-state index in [0.717, 1.165) is 0 Å². The average molecular weight is 270 g/mol. The van der Waals surface area contributed by atoms with E-state index in [-0.39, 0.29) is 5.88 Å². The maximum Gasteiger partial charge on any atom is 0.240 e. The van der Waals surface area contributed by atoms with Gasteiger partial charge < -0.3 is 9.84 Å². The van der Waals surface area contributed by atoms with Crippen molar-refractivity contribution < 1.29 is 9.84 Å². The summed E-state index contributed by atoms with van der Waals surface area (Å²) in [6.45, 7) is 0. The minimum atomic E-state index is -0.0417. The number of methoxy groups -OCH3 is 1. The van der Waals surface area contributed by atoms with E-state index in [1.54, 1.807) is 18.3 Å². The molecule has 0 saturated heterocycles. The quantitative estimate of drug-likeness (QED) is 0.844. The zero-order valence-electron chi connectivity index (χ0n) is 7.88. The lowest BCUT2D eigenvalue weighted by Gasteiger charge is -2.06. The van der Waals surface area contributed by atoms with Crippen molar-refractivity contribution in [2.45, 2.75) is 0 Å². The fraction of sp³-hybridized carbons (Fsp3) is 0.111. The number of aromatic hydroxyl groups is 1. The molecule has 0 unspecified atom stereocenters. The minimum Gasteiger partial charge on any atom is -0.492 e. The first-order chi connectivity index (χ1) is 7.20. The lowest BCUT2D eigenvalue weighted by atomic mass is 10.4. The molecule has 6 heteroatoms. The summed E-state index contributed by atoms with van der Waals surface area (Å²) in [7, 11) is 1.53. The highest BCUT2D eigenvalue weighted by atomic mass is 79.9. The number of ether oxygens (including phenoxy) is 1. The first kappa shape index (κ1) is 9.97. The van der Waals surface area contributed by atoms with Gasteiger partial charge in [0, 0.05) is 12.3 Å². The van der Waals surface area contributed by atoms with Crippen LogP contribution in [0.25, 0.3) is 5.69 Å². The Labute approximate surface area is 94.5 Å². The van der Waals surface area contributed by atoms with E-state index in [2.05, 4.69) is 26.0 Å². The molecule has 2 aromatic rings. The Morgan fingerprint density at radius 2 is 2.20 bits per heavy atom. The van der Waals surface area contributed by atoms with E-state index >= 15 is 0 Å². The fourth-order valence-corrected chi connectivity index (χ4v) is 1.48. The maximum absolute atomic E-state index is 9.13. The van der Waals surface area contributed by atoms with Crippen molar-refractivity contribution in [3.63, 3.8) is 0 Å². The third-order valence-corrected chi connectivity index (χ3v) is 2.26. The second-order valence-corrected chi connectivity index (χ2v) is 3.59. The standard InChI is InChI=1S/C9H8BrN3O2/c1-15-9-6(2-3-7(10)11-9)13-5-4-8(14)12-13/h2-5H,1H3,(H,12,14). The first-order valence-corrected chi connectivity index (χ1v) is 4.95. The summed E-state index contributed by atoms with van der Waals surface area (Å²) < 4.78 is 7.28. The van der Waals surface area contributed by atoms with Gasteiger partial charge in [0.05, 0.1) is 7.11 Å². The molecule has 5 nitrogen and oxygen atoms in total. The van der Waals surface area contributed by atoms with E-state index in [0.29, 0.717) is 16.2 Å². The smallest absolute Gasteiger partial charge is 0.240 e. The Morgan fingerprint density at radius 1 is 1.40 bits per heavy atom. The molecule has 2 aromatic heterocycles. The molecule has 78 valence electrons. The molecule has 0 amide bonds. The zero-order valence-corrected chi connectivity index (χ0v) is 9.47. The second kappa shape index (κ2) is 3.90. The van der Waals surface area contributed by atoms with Gasteiger partial charge in [0.2, 0.25) is 11.8 Å². The highest BCUT2D eigenvalue weighted by Crippen LogP contribution is 2.23. The Kier molecular flexibility index (Phi) is 2.59. The molecular formula is C9H8BrN3O2. The van der Waals surface area contributed by atoms with Gasteiger partial charge in [-0.05, 0) is 28.1 Å². The predicted molar refractivity (Wildman–Crippen MR) is 57.3 cm³/mol. The molecule has 0 fully saturated rings. The fourth-order valence-electron chi connectivity index (χ4n) is 1.18. The topological polar surface area (TPSA) is 60.2 Å². The van der Waals surface area contributed by atoms with Gasteiger partial charge in [0.25, 0.3) is 0 Å². The molecule has 0 aromatic carbocycles. The van der Waals surface area contributed by atoms with Crippen LogP contribution in [0.2, 0.25) is 0 Å². The maximum atomic E-state index is 9.13. The molecule has 0 bridgehead atoms. The van der Waals surface area contributed by atoms with E-state index < -0.39 is 0 Å². The monoisotopic (exact) mass is 269 g/mol. The Bertz CT molecular complexity index is 484. The number of aromatic nitrogens is 3. The van der Waals surface area contributed by atoms with Crippen molar-refractivity contribution in [3.8, 4) is 17.4 Å². The number of halogens is 1. The van der Waals surface area contributed by atoms with Crippen molar-refractivity contribution in [3.05, 3.63) is 29.0 Å². The Balaban J connectivity index is 2.52. The largest absolute Gasteiger partial charge is 0.492 e. The molecule has 0 radical (unpaired) electrons. The highest BCUT2D eigenvalue weighted by molar-refractivity contribution is 9.10. The second-order valence-electron chi connectivity index (χ2n) is 2.78. The molecule has 2 rings (SSSR count). The minimum absolute atomic E-state index is 0.0417. The zero-order chi connectivity index (χ0) is 10.8. The van der Waals surface area contributed by atoms with Crippen LogP contribution in [-0.4, -0.2) is 27.0 Å². The van der Waals surface area contributed by atoms with Crippen LogP contribution in [0.5, 0.6) is 11.8 Å². The van der Waals surface area contributed by atoms with Crippen molar-refractivity contribution in [2.24, 2.45) is 0 Å². The van der Waals surface area contributed by atoms with E-state index in [9.17, 15) is 0 Å². The summed E-state index contributed by atoms with van der Waals surface area (Å²) in [5.74, 6) is 0.396. The lowest BCUT2D eigenvalue weighted by Crippen LogP contribution is -2.00. The summed E-state index contributed by atoms with van der Waals surface area (Å²) in [4.78, 5) is 4.13. The SMILES string of the molecule is COc1nc(Br)ccc1-n1ccc(O)n1. The molecule has 0 aliphatic carbocycles. The summed E-state index contributed by atoms with van der Waals surface area (Å²) in [6, 6.07) is 5.06. The Hall–Kier alpha value is -1.56. The number of hydrogen-bond acceptors (Lipinski definition) is 4. The van der Waals surface area contributed by atoms with Gasteiger partial charge in [0.1, 0.15) is 10.3 Å². The van der Waals surface area contributed by atoms with Crippen LogP contribution < -0.4 is 4.74 Å². The molecule has 15 heavy (non-hydrogen) atoms. The van der Waals surface area contributed by atoms with Crippen LogP contribution in [0.1, 0.15) is 0 Å². The van der Waals surface area contributed by atoms with Crippen LogP contribution >= 0.6 is 15.9 Å². The van der Waals surface area contributed by atoms with E-state index in [1.165, 1.54) is 17.9 Å². The van der Waals surface area contributed by atoms with E-state index in [1.807, 2.05) is 0 Å². The summed E-state index contributed by atoms with van der Waals surface area (Å²) >= 11 is 3.24. The van der Waals surface area contributed by atoms with Crippen LogP contribution in [0.3, 0.4) is 0 Å². The van der Waals surface area contributed by atoms with Gasteiger partial charge in [-0.25, -0.2) is 9.67 Å². The third-order valence-electron chi connectivity index (χ3n) is 1.82. The third kappa shape index (κ3) is 1.94. The first-order valence-electron chi connectivity index (χ1n) is 4.16. The van der Waals surface area contributed by atoms with E-state index in [4.69, 9.17) is 9.84 Å². The molecule has 0 aliphatic heterocycles. The van der Waals surface area contributed by atoms with Crippen molar-refractivity contribution >= 4 is 15.9 Å². The Morgan fingerprint density at radius 3 is 2.80 bits per heavy atom. The molecular weight excluding hydrogens is 262 g/mol. The molecule has 2 heterocycles. The van der Waals surface area contributed by atoms with Gasteiger partial charge in [-0.1, -0.05) is 0 Å². The molecule has 0 spiro atoms. The van der Waals surface area contributed by atoms with Crippen molar-refractivity contribution in [1.29, 1.82) is 0 Å². The van der Waals surface area contributed by atoms with Gasteiger partial charge in [-0.15, -0.1) is 5.10 Å². The van der Waals surface area contributed by atoms with Gasteiger partial charge in [0.15, 0.2) is 0 Å². The van der Waals surface area contributed by atoms with Crippen molar-refractivity contribution in [1.82, 2.24) is 14.8 Å². The summed E-state index contributed by atoms with van der Waals surface area (Å²) in [5.41, 5.74) is 0.668. The van der Waals surface area contributed by atoms with Crippen LogP contribution in [0, 0.1) is 0 Å². The van der Waals surface area contributed by atoms with Crippen LogP contribution in [0.15, 0.2) is 29.0 Å². The van der Waals surface area contributed by atoms with Gasteiger partial charge in [-0.2, -0.15) is 0 Å². The number of nitrogens with zero attached hydrogens (tertiary/aromatic N) is 3. The predicted octanol–water partition coefficient (Wildman–Crippen LogP) is 1.74. The average Bonchev–Trinajstić information content (AvgIpc) is 2.64. The van der Waals surface area contributed by atoms with Gasteiger partial charge >= 0.3 is 0 Å². The van der Waals surface area contributed by atoms with Crippen LogP contribution in [-0.2, 0) is 0 Å². The lowest BCUT2D eigenvalue weighted by molar-refractivity contribution is 0.392.